The van der Waals surface area contributed by atoms with Gasteiger partial charge in [-0.3, -0.25) is 0 Å². The Morgan fingerprint density at radius 2 is 2.00 bits per heavy atom. The zero-order valence-electron chi connectivity index (χ0n) is 8.38. The van der Waals surface area contributed by atoms with Crippen molar-refractivity contribution in [2.45, 2.75) is 32.7 Å². The minimum absolute atomic E-state index is 0.265. The van der Waals surface area contributed by atoms with Gasteiger partial charge in [-0.15, -0.1) is 0 Å². The Labute approximate surface area is 79.9 Å². The number of hydrogen-bond acceptors (Lipinski definition) is 2. The molecule has 1 rings (SSSR count). The first-order chi connectivity index (χ1) is 6.08. The van der Waals surface area contributed by atoms with Crippen molar-refractivity contribution in [1.29, 1.82) is 0 Å². The molecule has 1 aromatic rings. The Balaban J connectivity index is 2.66. The van der Waals surface area contributed by atoms with Gasteiger partial charge >= 0.3 is 0 Å². The molecule has 4 N–H and O–H groups in total. The number of rotatable bonds is 3. The Kier molecular flexibility index (Phi) is 3.32. The topological polar surface area (TPSA) is 52.0 Å². The summed E-state index contributed by atoms with van der Waals surface area (Å²) in [6.07, 6.45) is 2.03. The first kappa shape index (κ1) is 10.1. The molecule has 0 bridgehead atoms. The maximum absolute atomic E-state index is 5.73. The predicted molar refractivity (Wildman–Crippen MR) is 57.6 cm³/mol. The number of nitrogen functional groups attached to an aromatic ring is 1. The maximum atomic E-state index is 5.73. The van der Waals surface area contributed by atoms with Crippen LogP contribution in [-0.2, 0) is 6.42 Å². The van der Waals surface area contributed by atoms with Crippen molar-refractivity contribution in [3.63, 3.8) is 0 Å². The van der Waals surface area contributed by atoms with Gasteiger partial charge in [-0.25, -0.2) is 0 Å². The van der Waals surface area contributed by atoms with Crippen LogP contribution in [0.2, 0.25) is 0 Å². The van der Waals surface area contributed by atoms with E-state index in [0.29, 0.717) is 0 Å². The predicted octanol–water partition coefficient (Wildman–Crippen LogP) is 1.86. The number of aryl methyl sites for hydroxylation is 2. The number of benzene rings is 1. The molecule has 1 aromatic carbocycles. The summed E-state index contributed by atoms with van der Waals surface area (Å²) in [7, 11) is 0. The Bertz CT molecular complexity index is 259. The van der Waals surface area contributed by atoms with Crippen LogP contribution >= 0.6 is 0 Å². The van der Waals surface area contributed by atoms with Crippen LogP contribution in [-0.4, -0.2) is 6.04 Å². The van der Waals surface area contributed by atoms with Crippen LogP contribution in [0.4, 0.5) is 5.69 Å². The summed E-state index contributed by atoms with van der Waals surface area (Å²) in [4.78, 5) is 0. The molecule has 0 fully saturated rings. The highest BCUT2D eigenvalue weighted by Gasteiger charge is 1.98. The minimum atomic E-state index is 0.265. The van der Waals surface area contributed by atoms with Crippen molar-refractivity contribution in [3.05, 3.63) is 29.3 Å². The molecule has 0 aliphatic carbocycles. The second kappa shape index (κ2) is 4.28. The maximum Gasteiger partial charge on any atom is 0.0319 e. The number of hydrogen-bond donors (Lipinski definition) is 2. The van der Waals surface area contributed by atoms with Gasteiger partial charge in [-0.1, -0.05) is 6.07 Å². The molecule has 0 saturated heterocycles. The molecule has 0 spiro atoms. The second-order valence-corrected chi connectivity index (χ2v) is 3.77. The smallest absolute Gasteiger partial charge is 0.0319 e. The lowest BCUT2D eigenvalue weighted by atomic mass is 10.0. The SMILES string of the molecule is Cc1cc(N)cc(CC[C@@H](C)N)c1. The van der Waals surface area contributed by atoms with E-state index in [9.17, 15) is 0 Å². The fourth-order valence-corrected chi connectivity index (χ4v) is 1.43. The highest BCUT2D eigenvalue weighted by Crippen LogP contribution is 2.13. The van der Waals surface area contributed by atoms with Crippen molar-refractivity contribution in [3.8, 4) is 0 Å². The monoisotopic (exact) mass is 178 g/mol. The van der Waals surface area contributed by atoms with Crippen molar-refractivity contribution >= 4 is 5.69 Å². The van der Waals surface area contributed by atoms with E-state index in [1.807, 2.05) is 19.1 Å². The normalized spacial score (nSPS) is 12.8. The molecule has 72 valence electrons. The molecule has 2 heteroatoms. The van der Waals surface area contributed by atoms with Gasteiger partial charge in [0.05, 0.1) is 0 Å². The zero-order chi connectivity index (χ0) is 9.84. The van der Waals surface area contributed by atoms with Crippen LogP contribution in [0, 0.1) is 6.92 Å². The van der Waals surface area contributed by atoms with E-state index in [-0.39, 0.29) is 6.04 Å². The second-order valence-electron chi connectivity index (χ2n) is 3.77. The van der Waals surface area contributed by atoms with Gasteiger partial charge in [0.25, 0.3) is 0 Å². The fourth-order valence-electron chi connectivity index (χ4n) is 1.43. The van der Waals surface area contributed by atoms with E-state index >= 15 is 0 Å². The average molecular weight is 178 g/mol. The summed E-state index contributed by atoms with van der Waals surface area (Å²) < 4.78 is 0. The van der Waals surface area contributed by atoms with E-state index in [0.717, 1.165) is 18.5 Å². The first-order valence-electron chi connectivity index (χ1n) is 4.69. The van der Waals surface area contributed by atoms with Gasteiger partial charge in [0.15, 0.2) is 0 Å². The standard InChI is InChI=1S/C11H18N2/c1-8-5-10(4-3-9(2)12)7-11(13)6-8/h5-7,9H,3-4,12-13H2,1-2H3/t9-/m1/s1. The van der Waals surface area contributed by atoms with Gasteiger partial charge in [0.2, 0.25) is 0 Å². The van der Waals surface area contributed by atoms with Gasteiger partial charge in [0, 0.05) is 11.7 Å². The Hall–Kier alpha value is -1.02. The van der Waals surface area contributed by atoms with Crippen molar-refractivity contribution in [2.75, 3.05) is 5.73 Å². The Morgan fingerprint density at radius 3 is 2.54 bits per heavy atom. The number of anilines is 1. The minimum Gasteiger partial charge on any atom is -0.399 e. The lowest BCUT2D eigenvalue weighted by molar-refractivity contribution is 0.666. The summed E-state index contributed by atoms with van der Waals surface area (Å²) in [6, 6.07) is 6.44. The van der Waals surface area contributed by atoms with Gasteiger partial charge in [0.1, 0.15) is 0 Å². The van der Waals surface area contributed by atoms with Crippen LogP contribution < -0.4 is 11.5 Å². The highest BCUT2D eigenvalue weighted by molar-refractivity contribution is 5.44. The van der Waals surface area contributed by atoms with Crippen LogP contribution in [0.3, 0.4) is 0 Å². The molecule has 0 amide bonds. The first-order valence-corrected chi connectivity index (χ1v) is 4.69. The zero-order valence-corrected chi connectivity index (χ0v) is 8.38. The molecular formula is C11H18N2. The van der Waals surface area contributed by atoms with E-state index in [2.05, 4.69) is 13.0 Å². The Morgan fingerprint density at radius 1 is 1.31 bits per heavy atom. The van der Waals surface area contributed by atoms with E-state index in [1.165, 1.54) is 11.1 Å². The molecule has 2 nitrogen and oxygen atoms in total. The fraction of sp³-hybridized carbons (Fsp3) is 0.455. The molecule has 0 radical (unpaired) electrons. The van der Waals surface area contributed by atoms with Crippen molar-refractivity contribution in [2.24, 2.45) is 5.73 Å². The molecular weight excluding hydrogens is 160 g/mol. The van der Waals surface area contributed by atoms with Gasteiger partial charge in [-0.2, -0.15) is 0 Å². The largest absolute Gasteiger partial charge is 0.399 e. The van der Waals surface area contributed by atoms with Crippen molar-refractivity contribution < 1.29 is 0 Å². The third kappa shape index (κ3) is 3.47. The molecule has 0 unspecified atom stereocenters. The highest BCUT2D eigenvalue weighted by atomic mass is 14.6. The summed E-state index contributed by atoms with van der Waals surface area (Å²) >= 11 is 0. The summed E-state index contributed by atoms with van der Waals surface area (Å²) in [5.74, 6) is 0. The van der Waals surface area contributed by atoms with Gasteiger partial charge in [-0.05, 0) is 49.9 Å². The van der Waals surface area contributed by atoms with Crippen LogP contribution in [0.15, 0.2) is 18.2 Å². The van der Waals surface area contributed by atoms with E-state index in [4.69, 9.17) is 11.5 Å². The van der Waals surface area contributed by atoms with Gasteiger partial charge < -0.3 is 11.5 Å². The van der Waals surface area contributed by atoms with Crippen LogP contribution in [0.1, 0.15) is 24.5 Å². The molecule has 0 saturated carbocycles. The summed E-state index contributed by atoms with van der Waals surface area (Å²) in [6.45, 7) is 4.09. The molecule has 0 heterocycles. The van der Waals surface area contributed by atoms with Crippen LogP contribution in [0.5, 0.6) is 0 Å². The quantitative estimate of drug-likeness (QED) is 0.694. The molecule has 0 aliphatic heterocycles. The van der Waals surface area contributed by atoms with E-state index in [1.54, 1.807) is 0 Å². The summed E-state index contributed by atoms with van der Waals surface area (Å²) in [5, 5.41) is 0. The number of nitrogens with two attached hydrogens (primary N) is 2. The third-order valence-electron chi connectivity index (χ3n) is 2.05. The molecule has 0 aromatic heterocycles. The molecule has 0 aliphatic rings. The summed E-state index contributed by atoms with van der Waals surface area (Å²) in [5.41, 5.74) is 14.8. The molecule has 13 heavy (non-hydrogen) atoms. The molecule has 1 atom stereocenters. The average Bonchev–Trinajstić information content (AvgIpc) is 1.99. The van der Waals surface area contributed by atoms with E-state index < -0.39 is 0 Å². The lowest BCUT2D eigenvalue weighted by Crippen LogP contribution is -2.15. The third-order valence-corrected chi connectivity index (χ3v) is 2.05. The van der Waals surface area contributed by atoms with Crippen molar-refractivity contribution in [1.82, 2.24) is 0 Å². The lowest BCUT2D eigenvalue weighted by Gasteiger charge is -2.06. The van der Waals surface area contributed by atoms with Crippen LogP contribution in [0.25, 0.3) is 0 Å².